The van der Waals surface area contributed by atoms with E-state index in [1.807, 2.05) is 0 Å². The van der Waals surface area contributed by atoms with Gasteiger partial charge < -0.3 is 9.64 Å². The highest BCUT2D eigenvalue weighted by molar-refractivity contribution is 9.11. The smallest absolute Gasteiger partial charge is 0.208 e. The van der Waals surface area contributed by atoms with Crippen LogP contribution in [0.15, 0.2) is 3.92 Å². The van der Waals surface area contributed by atoms with Crippen LogP contribution >= 0.6 is 27.3 Å². The number of nitrogens with zero attached hydrogens (tertiary/aromatic N) is 3. The molecule has 3 rings (SSSR count). The predicted octanol–water partition coefficient (Wildman–Crippen LogP) is 1.77. The highest BCUT2D eigenvalue weighted by Crippen LogP contribution is 2.57. The second kappa shape index (κ2) is 3.40. The van der Waals surface area contributed by atoms with Gasteiger partial charge in [0.05, 0.1) is 13.2 Å². The summed E-state index contributed by atoms with van der Waals surface area (Å²) in [6.45, 7) is 2.91. The van der Waals surface area contributed by atoms with Gasteiger partial charge in [0, 0.05) is 19.0 Å². The Labute approximate surface area is 101 Å². The molecule has 0 spiro atoms. The van der Waals surface area contributed by atoms with Crippen LogP contribution in [0.5, 0.6) is 0 Å². The fourth-order valence-corrected chi connectivity index (χ4v) is 3.43. The van der Waals surface area contributed by atoms with Crippen molar-refractivity contribution in [3.63, 3.8) is 0 Å². The van der Waals surface area contributed by atoms with Crippen LogP contribution in [0.1, 0.15) is 6.42 Å². The van der Waals surface area contributed by atoms with E-state index < -0.39 is 0 Å². The van der Waals surface area contributed by atoms with Gasteiger partial charge in [-0.3, -0.25) is 0 Å². The van der Waals surface area contributed by atoms with Crippen molar-refractivity contribution in [2.45, 2.75) is 6.42 Å². The molecule has 1 saturated carbocycles. The maximum atomic E-state index is 5.48. The average molecular weight is 290 g/mol. The lowest BCUT2D eigenvalue weighted by Crippen LogP contribution is -2.28. The number of aromatic nitrogens is 2. The Hall–Kier alpha value is -0.200. The summed E-state index contributed by atoms with van der Waals surface area (Å²) in [6.07, 6.45) is 1.32. The van der Waals surface area contributed by atoms with Gasteiger partial charge in [0.1, 0.15) is 0 Å². The van der Waals surface area contributed by atoms with Crippen molar-refractivity contribution in [2.75, 3.05) is 31.7 Å². The Morgan fingerprint density at radius 1 is 1.67 bits per heavy atom. The normalized spacial score (nSPS) is 32.8. The molecule has 0 aromatic carbocycles. The summed E-state index contributed by atoms with van der Waals surface area (Å²) in [7, 11) is 2.08. The van der Waals surface area contributed by atoms with Gasteiger partial charge in [-0.2, -0.15) is 0 Å². The summed E-state index contributed by atoms with van der Waals surface area (Å²) in [4.78, 5) is 2.19. The van der Waals surface area contributed by atoms with Crippen molar-refractivity contribution in [3.8, 4) is 0 Å². The molecule has 1 aromatic rings. The molecule has 2 heterocycles. The quantitative estimate of drug-likeness (QED) is 0.850. The lowest BCUT2D eigenvalue weighted by molar-refractivity contribution is 0.148. The standard InChI is InChI=1S/C9H12BrN3OS/c1-13(8-12-11-7(10)15-8)4-9-2-6(9)3-14-5-9/h6H,2-5H2,1H3. The van der Waals surface area contributed by atoms with E-state index in [0.717, 1.165) is 34.7 Å². The number of fused-ring (bicyclic) bond motifs is 1. The zero-order valence-electron chi connectivity index (χ0n) is 8.44. The molecule has 1 aliphatic carbocycles. The van der Waals surface area contributed by atoms with Crippen molar-refractivity contribution in [3.05, 3.63) is 3.92 Å². The number of hydrogen-bond donors (Lipinski definition) is 0. The van der Waals surface area contributed by atoms with Crippen LogP contribution in [-0.2, 0) is 4.74 Å². The molecular weight excluding hydrogens is 278 g/mol. The molecule has 1 aliphatic heterocycles. The van der Waals surface area contributed by atoms with Gasteiger partial charge in [-0.1, -0.05) is 11.3 Å². The zero-order valence-corrected chi connectivity index (χ0v) is 10.8. The fraction of sp³-hybridized carbons (Fsp3) is 0.778. The first-order valence-corrected chi connectivity index (χ1v) is 6.58. The Kier molecular flexibility index (Phi) is 2.26. The third kappa shape index (κ3) is 1.68. The van der Waals surface area contributed by atoms with Crippen LogP contribution in [0, 0.1) is 11.3 Å². The summed E-state index contributed by atoms with van der Waals surface area (Å²) in [5, 5.41) is 9.06. The van der Waals surface area contributed by atoms with Gasteiger partial charge in [0.2, 0.25) is 5.13 Å². The maximum absolute atomic E-state index is 5.48. The van der Waals surface area contributed by atoms with E-state index in [-0.39, 0.29) is 0 Å². The molecule has 1 aromatic heterocycles. The number of hydrogen-bond acceptors (Lipinski definition) is 5. The Morgan fingerprint density at radius 3 is 3.07 bits per heavy atom. The Bertz CT molecular complexity index is 385. The van der Waals surface area contributed by atoms with Crippen molar-refractivity contribution in [2.24, 2.45) is 11.3 Å². The first kappa shape index (κ1) is 9.99. The van der Waals surface area contributed by atoms with Crippen LogP contribution in [0.25, 0.3) is 0 Å². The fourth-order valence-electron chi connectivity index (χ4n) is 2.38. The molecule has 2 atom stereocenters. The molecule has 0 radical (unpaired) electrons. The third-order valence-electron chi connectivity index (χ3n) is 3.34. The van der Waals surface area contributed by atoms with Crippen molar-refractivity contribution < 1.29 is 4.74 Å². The second-order valence-corrected chi connectivity index (χ2v) is 6.70. The minimum absolute atomic E-state index is 0.424. The average Bonchev–Trinajstić information content (AvgIpc) is 2.62. The molecule has 4 nitrogen and oxygen atoms in total. The summed E-state index contributed by atoms with van der Waals surface area (Å²) in [5.74, 6) is 0.788. The first-order valence-electron chi connectivity index (χ1n) is 4.97. The van der Waals surface area contributed by atoms with Crippen molar-refractivity contribution in [1.82, 2.24) is 10.2 Å². The molecule has 6 heteroatoms. The van der Waals surface area contributed by atoms with Crippen molar-refractivity contribution in [1.29, 1.82) is 0 Å². The molecule has 2 unspecified atom stereocenters. The molecular formula is C9H12BrN3OS. The van der Waals surface area contributed by atoms with Gasteiger partial charge in [-0.15, -0.1) is 10.2 Å². The highest BCUT2D eigenvalue weighted by atomic mass is 79.9. The van der Waals surface area contributed by atoms with Gasteiger partial charge in [0.25, 0.3) is 0 Å². The van der Waals surface area contributed by atoms with Gasteiger partial charge in [0.15, 0.2) is 3.92 Å². The van der Waals surface area contributed by atoms with Gasteiger partial charge in [-0.25, -0.2) is 0 Å². The highest BCUT2D eigenvalue weighted by Gasteiger charge is 2.58. The summed E-state index contributed by atoms with van der Waals surface area (Å²) in [6, 6.07) is 0. The van der Waals surface area contributed by atoms with E-state index in [2.05, 4.69) is 38.1 Å². The van der Waals surface area contributed by atoms with E-state index >= 15 is 0 Å². The lowest BCUT2D eigenvalue weighted by Gasteiger charge is -2.20. The second-order valence-electron chi connectivity index (χ2n) is 4.47. The molecule has 2 aliphatic rings. The summed E-state index contributed by atoms with van der Waals surface area (Å²) in [5.41, 5.74) is 0.424. The van der Waals surface area contributed by atoms with Crippen LogP contribution in [0.2, 0.25) is 0 Å². The Morgan fingerprint density at radius 2 is 2.53 bits per heavy atom. The largest absolute Gasteiger partial charge is 0.380 e. The minimum atomic E-state index is 0.424. The van der Waals surface area contributed by atoms with Gasteiger partial charge >= 0.3 is 0 Å². The van der Waals surface area contributed by atoms with Crippen LogP contribution in [0.3, 0.4) is 0 Å². The predicted molar refractivity (Wildman–Crippen MR) is 62.2 cm³/mol. The minimum Gasteiger partial charge on any atom is -0.380 e. The molecule has 15 heavy (non-hydrogen) atoms. The number of rotatable bonds is 3. The molecule has 82 valence electrons. The number of anilines is 1. The SMILES string of the molecule is CN(CC12COCC1C2)c1nnc(Br)s1. The van der Waals surface area contributed by atoms with Crippen molar-refractivity contribution >= 4 is 32.4 Å². The van der Waals surface area contributed by atoms with E-state index in [1.165, 1.54) is 6.42 Å². The van der Waals surface area contributed by atoms with E-state index in [9.17, 15) is 0 Å². The third-order valence-corrected chi connectivity index (χ3v) is 4.81. The van der Waals surface area contributed by atoms with Crippen LogP contribution in [-0.4, -0.2) is 37.0 Å². The van der Waals surface area contributed by atoms with E-state index in [1.54, 1.807) is 11.3 Å². The van der Waals surface area contributed by atoms with E-state index in [4.69, 9.17) is 4.74 Å². The Balaban J connectivity index is 1.69. The lowest BCUT2D eigenvalue weighted by atomic mass is 10.1. The topological polar surface area (TPSA) is 38.2 Å². The molecule has 2 fully saturated rings. The number of ether oxygens (including phenoxy) is 1. The van der Waals surface area contributed by atoms with E-state index in [0.29, 0.717) is 5.41 Å². The van der Waals surface area contributed by atoms with Gasteiger partial charge in [-0.05, 0) is 28.3 Å². The summed E-state index contributed by atoms with van der Waals surface area (Å²) < 4.78 is 6.33. The monoisotopic (exact) mass is 289 g/mol. The number of halogens is 1. The van der Waals surface area contributed by atoms with Crippen LogP contribution < -0.4 is 4.90 Å². The maximum Gasteiger partial charge on any atom is 0.208 e. The molecule has 0 N–H and O–H groups in total. The zero-order chi connectivity index (χ0) is 10.5. The summed E-state index contributed by atoms with van der Waals surface area (Å²) >= 11 is 4.91. The van der Waals surface area contributed by atoms with Crippen LogP contribution in [0.4, 0.5) is 5.13 Å². The molecule has 1 saturated heterocycles. The molecule has 0 amide bonds. The first-order chi connectivity index (χ1) is 7.20. The molecule has 0 bridgehead atoms.